The fraction of sp³-hybridized carbons (Fsp3) is 0.500. The number of hydrogen-bond acceptors (Lipinski definition) is 6. The molecule has 7 nitrogen and oxygen atoms in total. The van der Waals surface area contributed by atoms with Gasteiger partial charge in [-0.2, -0.15) is 10.2 Å². The second-order valence-electron chi connectivity index (χ2n) is 6.10. The fourth-order valence-electron chi connectivity index (χ4n) is 2.84. The van der Waals surface area contributed by atoms with E-state index in [4.69, 9.17) is 20.6 Å². The van der Waals surface area contributed by atoms with Gasteiger partial charge in [0.05, 0.1) is 13.2 Å². The molecule has 0 unspecified atom stereocenters. The second-order valence-corrected chi connectivity index (χ2v) is 6.10. The number of benzene rings is 1. The molecule has 7 heteroatoms. The second kappa shape index (κ2) is 7.64. The fourth-order valence-corrected chi connectivity index (χ4v) is 2.84. The lowest BCUT2D eigenvalue weighted by Gasteiger charge is -2.22. The van der Waals surface area contributed by atoms with Crippen LogP contribution >= 0.6 is 0 Å². The summed E-state index contributed by atoms with van der Waals surface area (Å²) in [6.07, 6.45) is 7.49. The molecule has 25 heavy (non-hydrogen) atoms. The standard InChI is InChI=1S/C18H21N3O4/c1-3-4-6-18(20-21-18)7-5-16(22)19-15-8-13(10-23-2)17-14(9-15)11-24-12-25-17/h1,8-9H,4-7,10-12H2,2H3,(H,19,22). The molecule has 0 aliphatic carbocycles. The summed E-state index contributed by atoms with van der Waals surface area (Å²) in [5.74, 6) is 3.27. The highest BCUT2D eigenvalue weighted by atomic mass is 16.7. The first-order valence-corrected chi connectivity index (χ1v) is 8.18. The number of hydrogen-bond donors (Lipinski definition) is 1. The normalized spacial score (nSPS) is 16.5. The zero-order valence-electron chi connectivity index (χ0n) is 14.2. The van der Waals surface area contributed by atoms with E-state index in [0.717, 1.165) is 16.9 Å². The molecule has 1 aromatic carbocycles. The Bertz CT molecular complexity index is 718. The van der Waals surface area contributed by atoms with Crippen molar-refractivity contribution in [3.63, 3.8) is 0 Å². The van der Waals surface area contributed by atoms with Gasteiger partial charge in [-0.05, 0) is 12.1 Å². The molecule has 0 atom stereocenters. The van der Waals surface area contributed by atoms with E-state index in [2.05, 4.69) is 21.5 Å². The molecule has 3 rings (SSSR count). The highest BCUT2D eigenvalue weighted by Crippen LogP contribution is 2.38. The van der Waals surface area contributed by atoms with Gasteiger partial charge in [-0.15, -0.1) is 12.3 Å². The number of amides is 1. The predicted molar refractivity (Wildman–Crippen MR) is 91.0 cm³/mol. The lowest BCUT2D eigenvalue weighted by atomic mass is 10.0. The number of anilines is 1. The Morgan fingerprint density at radius 2 is 2.28 bits per heavy atom. The highest BCUT2D eigenvalue weighted by Gasteiger charge is 2.39. The quantitative estimate of drug-likeness (QED) is 0.736. The topological polar surface area (TPSA) is 81.5 Å². The summed E-state index contributed by atoms with van der Waals surface area (Å²) >= 11 is 0. The lowest BCUT2D eigenvalue weighted by molar-refractivity contribution is -0.116. The lowest BCUT2D eigenvalue weighted by Crippen LogP contribution is -2.19. The average Bonchev–Trinajstić information content (AvgIpc) is 3.39. The maximum atomic E-state index is 12.3. The summed E-state index contributed by atoms with van der Waals surface area (Å²) in [5, 5.41) is 11.0. The number of rotatable bonds is 8. The van der Waals surface area contributed by atoms with Gasteiger partial charge in [-0.3, -0.25) is 4.79 Å². The third-order valence-corrected chi connectivity index (χ3v) is 4.18. The smallest absolute Gasteiger partial charge is 0.224 e. The van der Waals surface area contributed by atoms with Gasteiger partial charge >= 0.3 is 0 Å². The van der Waals surface area contributed by atoms with Crippen molar-refractivity contribution in [3.05, 3.63) is 23.3 Å². The number of terminal acetylenes is 1. The van der Waals surface area contributed by atoms with Crippen molar-refractivity contribution >= 4 is 11.6 Å². The van der Waals surface area contributed by atoms with Gasteiger partial charge < -0.3 is 19.5 Å². The number of ether oxygens (including phenoxy) is 3. The molecule has 1 amide bonds. The van der Waals surface area contributed by atoms with Crippen LogP contribution in [0.25, 0.3) is 0 Å². The molecule has 0 spiro atoms. The molecule has 132 valence electrons. The zero-order valence-corrected chi connectivity index (χ0v) is 14.2. The molecule has 0 saturated carbocycles. The van der Waals surface area contributed by atoms with Crippen LogP contribution < -0.4 is 10.1 Å². The summed E-state index contributed by atoms with van der Waals surface area (Å²) in [7, 11) is 1.62. The van der Waals surface area contributed by atoms with E-state index in [1.807, 2.05) is 12.1 Å². The van der Waals surface area contributed by atoms with Gasteiger partial charge in [0.25, 0.3) is 0 Å². The van der Waals surface area contributed by atoms with E-state index in [1.165, 1.54) is 0 Å². The molecule has 0 aromatic heterocycles. The summed E-state index contributed by atoms with van der Waals surface area (Å²) in [6, 6.07) is 3.73. The number of nitrogens with zero attached hydrogens (tertiary/aromatic N) is 2. The highest BCUT2D eigenvalue weighted by molar-refractivity contribution is 5.91. The maximum Gasteiger partial charge on any atom is 0.224 e. The van der Waals surface area contributed by atoms with Gasteiger partial charge in [0.15, 0.2) is 12.5 Å². The minimum absolute atomic E-state index is 0.0849. The van der Waals surface area contributed by atoms with Crippen LogP contribution in [0.4, 0.5) is 5.69 Å². The van der Waals surface area contributed by atoms with Gasteiger partial charge in [-0.25, -0.2) is 0 Å². The molecule has 1 aromatic rings. The van der Waals surface area contributed by atoms with E-state index in [-0.39, 0.29) is 12.7 Å². The van der Waals surface area contributed by atoms with Crippen LogP contribution in [0.3, 0.4) is 0 Å². The molecule has 0 saturated heterocycles. The van der Waals surface area contributed by atoms with E-state index >= 15 is 0 Å². The van der Waals surface area contributed by atoms with Gasteiger partial charge in [0, 0.05) is 49.6 Å². The first-order valence-electron chi connectivity index (χ1n) is 8.18. The van der Waals surface area contributed by atoms with Crippen molar-refractivity contribution in [1.82, 2.24) is 0 Å². The van der Waals surface area contributed by atoms with Crippen molar-refractivity contribution < 1.29 is 19.0 Å². The minimum Gasteiger partial charge on any atom is -0.467 e. The van der Waals surface area contributed by atoms with E-state index in [1.54, 1.807) is 7.11 Å². The first kappa shape index (κ1) is 17.4. The zero-order chi connectivity index (χ0) is 17.7. The Morgan fingerprint density at radius 3 is 3.00 bits per heavy atom. The third kappa shape index (κ3) is 4.35. The molecular weight excluding hydrogens is 322 g/mol. The van der Waals surface area contributed by atoms with Crippen LogP contribution in [-0.4, -0.2) is 25.5 Å². The van der Waals surface area contributed by atoms with Gasteiger partial charge in [0.2, 0.25) is 5.91 Å². The van der Waals surface area contributed by atoms with E-state index in [9.17, 15) is 4.79 Å². The molecule has 2 aliphatic rings. The van der Waals surface area contributed by atoms with Crippen LogP contribution in [-0.2, 0) is 27.5 Å². The summed E-state index contributed by atoms with van der Waals surface area (Å²) < 4.78 is 16.1. The third-order valence-electron chi connectivity index (χ3n) is 4.18. The molecule has 2 aliphatic heterocycles. The number of nitrogens with one attached hydrogen (secondary N) is 1. The van der Waals surface area contributed by atoms with Crippen LogP contribution in [0, 0.1) is 12.3 Å². The number of fused-ring (bicyclic) bond motifs is 1. The van der Waals surface area contributed by atoms with E-state index in [0.29, 0.717) is 44.6 Å². The van der Waals surface area contributed by atoms with Crippen molar-refractivity contribution in [2.24, 2.45) is 10.2 Å². The Kier molecular flexibility index (Phi) is 5.31. The molecule has 0 fully saturated rings. The van der Waals surface area contributed by atoms with Crippen molar-refractivity contribution in [3.8, 4) is 18.1 Å². The van der Waals surface area contributed by atoms with Crippen molar-refractivity contribution in [1.29, 1.82) is 0 Å². The Balaban J connectivity index is 1.61. The molecular formula is C18H21N3O4. The Morgan fingerprint density at radius 1 is 1.44 bits per heavy atom. The van der Waals surface area contributed by atoms with Crippen molar-refractivity contribution in [2.45, 2.75) is 44.6 Å². The average molecular weight is 343 g/mol. The minimum atomic E-state index is -0.442. The number of carbonyl (C=O) groups excluding carboxylic acids is 1. The van der Waals surface area contributed by atoms with Crippen LogP contribution in [0.5, 0.6) is 5.75 Å². The SMILES string of the molecule is C#CCCC1(CCC(=O)Nc2cc(COC)c3c(c2)COCO3)N=N1. The van der Waals surface area contributed by atoms with Crippen LogP contribution in [0.2, 0.25) is 0 Å². The van der Waals surface area contributed by atoms with Gasteiger partial charge in [0.1, 0.15) is 5.75 Å². The summed E-state index contributed by atoms with van der Waals surface area (Å²) in [5.41, 5.74) is 2.04. The number of methoxy groups -OCH3 is 1. The summed E-state index contributed by atoms with van der Waals surface area (Å²) in [4.78, 5) is 12.3. The molecule has 0 radical (unpaired) electrons. The molecule has 0 bridgehead atoms. The predicted octanol–water partition coefficient (Wildman–Crippen LogP) is 2.99. The maximum absolute atomic E-state index is 12.3. The van der Waals surface area contributed by atoms with Crippen molar-refractivity contribution in [2.75, 3.05) is 19.2 Å². The Hall–Kier alpha value is -2.43. The number of carbonyl (C=O) groups is 1. The monoisotopic (exact) mass is 343 g/mol. The molecule has 1 N–H and O–H groups in total. The first-order chi connectivity index (χ1) is 12.2. The van der Waals surface area contributed by atoms with Crippen LogP contribution in [0.1, 0.15) is 36.8 Å². The molecule has 2 heterocycles. The largest absolute Gasteiger partial charge is 0.467 e. The van der Waals surface area contributed by atoms with Gasteiger partial charge in [-0.1, -0.05) is 0 Å². The van der Waals surface area contributed by atoms with Crippen LogP contribution in [0.15, 0.2) is 22.4 Å². The Labute approximate surface area is 146 Å². The summed E-state index contributed by atoms with van der Waals surface area (Å²) in [6.45, 7) is 1.07. The van der Waals surface area contributed by atoms with E-state index < -0.39 is 5.66 Å².